The van der Waals surface area contributed by atoms with E-state index in [-0.39, 0.29) is 12.7 Å². The van der Waals surface area contributed by atoms with E-state index >= 15 is 0 Å². The third-order valence-corrected chi connectivity index (χ3v) is 5.72. The van der Waals surface area contributed by atoms with E-state index in [0.29, 0.717) is 22.5 Å². The van der Waals surface area contributed by atoms with E-state index in [1.807, 2.05) is 37.3 Å². The van der Waals surface area contributed by atoms with Crippen LogP contribution < -0.4 is 9.64 Å². The van der Waals surface area contributed by atoms with Crippen LogP contribution in [0.3, 0.4) is 0 Å². The smallest absolute Gasteiger partial charge is 0.338 e. The molecule has 2 amide bonds. The highest BCUT2D eigenvalue weighted by atomic mass is 16.7. The van der Waals surface area contributed by atoms with Gasteiger partial charge in [-0.3, -0.25) is 9.59 Å². The number of carbonyl (C=O) groups is 3. The monoisotopic (exact) mass is 432 g/mol. The summed E-state index contributed by atoms with van der Waals surface area (Å²) >= 11 is 0. The van der Waals surface area contributed by atoms with Gasteiger partial charge in [0, 0.05) is 11.1 Å². The zero-order valence-electron chi connectivity index (χ0n) is 17.5. The van der Waals surface area contributed by atoms with E-state index in [9.17, 15) is 14.4 Å². The van der Waals surface area contributed by atoms with Crippen molar-refractivity contribution in [2.45, 2.75) is 26.1 Å². The van der Waals surface area contributed by atoms with Gasteiger partial charge in [0.2, 0.25) is 12.0 Å². The van der Waals surface area contributed by atoms with Crippen molar-refractivity contribution in [1.82, 2.24) is 0 Å². The van der Waals surface area contributed by atoms with Crippen molar-refractivity contribution in [1.29, 1.82) is 0 Å². The van der Waals surface area contributed by atoms with Crippen LogP contribution in [0.4, 0.5) is 5.69 Å². The predicted octanol–water partition coefficient (Wildman–Crippen LogP) is 2.97. The molecule has 1 saturated heterocycles. The molecule has 3 atom stereocenters. The number of amides is 2. The summed E-state index contributed by atoms with van der Waals surface area (Å²) in [6, 6.07) is 13.7. The average molecular weight is 432 g/mol. The number of esters is 1. The van der Waals surface area contributed by atoms with Crippen molar-refractivity contribution < 1.29 is 28.7 Å². The van der Waals surface area contributed by atoms with Gasteiger partial charge < -0.3 is 14.3 Å². The van der Waals surface area contributed by atoms with Crippen molar-refractivity contribution >= 4 is 35.3 Å². The van der Waals surface area contributed by atoms with Crippen molar-refractivity contribution in [2.24, 2.45) is 11.1 Å². The van der Waals surface area contributed by atoms with E-state index in [0.717, 1.165) is 16.2 Å². The van der Waals surface area contributed by atoms with Crippen LogP contribution in [0.5, 0.6) is 5.75 Å². The number of hydrogen-bond donors (Lipinski definition) is 0. The molecule has 0 N–H and O–H groups in total. The van der Waals surface area contributed by atoms with Crippen LogP contribution in [0.1, 0.15) is 29.8 Å². The fraction of sp³-hybridized carbons (Fsp3) is 0.250. The fourth-order valence-electron chi connectivity index (χ4n) is 4.16. The SMILES string of the molecule is CCOC(=O)c1ccc(N2C(=O)[C@H]3C(C4=Cc5ccccc5O[C@@H]4C)=NO[C@H]3C2=O)cc1. The number of oxime groups is 1. The normalized spacial score (nSPS) is 23.6. The Morgan fingerprint density at radius 1 is 1.09 bits per heavy atom. The average Bonchev–Trinajstić information content (AvgIpc) is 3.33. The standard InChI is InChI=1S/C24H20N2O6/c1-3-30-24(29)14-8-10-16(11-9-14)26-22(27)19-20(25-32-21(19)23(26)28)17-12-15-6-4-5-7-18(15)31-13(17)2/h4-13,19,21H,3H2,1-2H3/t13-,19+,21-/m1/s1. The summed E-state index contributed by atoms with van der Waals surface area (Å²) in [5.41, 5.74) is 2.68. The zero-order valence-corrected chi connectivity index (χ0v) is 17.5. The van der Waals surface area contributed by atoms with Gasteiger partial charge in [-0.05, 0) is 50.3 Å². The number of hydrogen-bond acceptors (Lipinski definition) is 7. The third-order valence-electron chi connectivity index (χ3n) is 5.72. The predicted molar refractivity (Wildman–Crippen MR) is 115 cm³/mol. The number of rotatable bonds is 4. The molecule has 3 aliphatic heterocycles. The minimum absolute atomic E-state index is 0.259. The molecular weight excluding hydrogens is 412 g/mol. The van der Waals surface area contributed by atoms with Gasteiger partial charge >= 0.3 is 5.97 Å². The van der Waals surface area contributed by atoms with Gasteiger partial charge in [0.1, 0.15) is 23.5 Å². The number of carbonyl (C=O) groups excluding carboxylic acids is 3. The second-order valence-electron chi connectivity index (χ2n) is 7.66. The summed E-state index contributed by atoms with van der Waals surface area (Å²) in [6.45, 7) is 3.84. The van der Waals surface area contributed by atoms with Gasteiger partial charge in [-0.1, -0.05) is 23.4 Å². The minimum Gasteiger partial charge on any atom is -0.485 e. The van der Waals surface area contributed by atoms with Gasteiger partial charge in [0.25, 0.3) is 5.91 Å². The van der Waals surface area contributed by atoms with E-state index in [1.165, 1.54) is 12.1 Å². The molecule has 0 saturated carbocycles. The molecule has 2 aromatic rings. The van der Waals surface area contributed by atoms with Crippen molar-refractivity contribution in [2.75, 3.05) is 11.5 Å². The van der Waals surface area contributed by atoms with Crippen molar-refractivity contribution in [3.05, 3.63) is 65.2 Å². The van der Waals surface area contributed by atoms with E-state index < -0.39 is 29.8 Å². The number of para-hydroxylation sites is 1. The van der Waals surface area contributed by atoms with Crippen LogP contribution in [0.2, 0.25) is 0 Å². The van der Waals surface area contributed by atoms with Crippen LogP contribution in [0.25, 0.3) is 6.08 Å². The summed E-state index contributed by atoms with van der Waals surface area (Å²) in [5.74, 6) is -1.49. The molecule has 1 fully saturated rings. The molecule has 3 aliphatic rings. The minimum atomic E-state index is -1.02. The first kappa shape index (κ1) is 20.0. The topological polar surface area (TPSA) is 94.5 Å². The van der Waals surface area contributed by atoms with Crippen LogP contribution >= 0.6 is 0 Å². The van der Waals surface area contributed by atoms with Gasteiger partial charge in [-0.25, -0.2) is 9.69 Å². The molecule has 2 aromatic carbocycles. The molecule has 0 aliphatic carbocycles. The lowest BCUT2D eigenvalue weighted by Gasteiger charge is -2.25. The molecule has 3 heterocycles. The lowest BCUT2D eigenvalue weighted by Crippen LogP contribution is -2.35. The number of fused-ring (bicyclic) bond motifs is 2. The molecule has 8 heteroatoms. The van der Waals surface area contributed by atoms with Gasteiger partial charge in [-0.2, -0.15) is 0 Å². The lowest BCUT2D eigenvalue weighted by molar-refractivity contribution is -0.126. The maximum absolute atomic E-state index is 13.3. The van der Waals surface area contributed by atoms with E-state index in [4.69, 9.17) is 14.3 Å². The zero-order chi connectivity index (χ0) is 22.4. The highest BCUT2D eigenvalue weighted by Crippen LogP contribution is 2.39. The van der Waals surface area contributed by atoms with Gasteiger partial charge in [0.15, 0.2) is 0 Å². The molecule has 0 unspecified atom stereocenters. The first-order valence-corrected chi connectivity index (χ1v) is 10.4. The number of ether oxygens (including phenoxy) is 2. The Balaban J connectivity index is 1.44. The first-order valence-electron chi connectivity index (χ1n) is 10.4. The number of nitrogens with zero attached hydrogens (tertiary/aromatic N) is 2. The van der Waals surface area contributed by atoms with Crippen molar-refractivity contribution in [3.63, 3.8) is 0 Å². The molecule has 0 bridgehead atoms. The Bertz CT molecular complexity index is 1180. The molecule has 32 heavy (non-hydrogen) atoms. The number of imide groups is 1. The highest BCUT2D eigenvalue weighted by molar-refractivity contribution is 6.33. The van der Waals surface area contributed by atoms with E-state index in [2.05, 4.69) is 5.16 Å². The van der Waals surface area contributed by atoms with Gasteiger partial charge in [-0.15, -0.1) is 0 Å². The Hall–Kier alpha value is -3.94. The summed E-state index contributed by atoms with van der Waals surface area (Å²) in [4.78, 5) is 44.7. The first-order chi connectivity index (χ1) is 15.5. The second kappa shape index (κ2) is 7.64. The lowest BCUT2D eigenvalue weighted by atomic mass is 9.89. The highest BCUT2D eigenvalue weighted by Gasteiger charge is 2.57. The van der Waals surface area contributed by atoms with Crippen LogP contribution in [-0.4, -0.2) is 42.3 Å². The van der Waals surface area contributed by atoms with Crippen LogP contribution in [0, 0.1) is 5.92 Å². The second-order valence-corrected chi connectivity index (χ2v) is 7.66. The largest absolute Gasteiger partial charge is 0.485 e. The summed E-state index contributed by atoms with van der Waals surface area (Å²) in [6.07, 6.45) is 0.544. The molecular formula is C24H20N2O6. The Morgan fingerprint density at radius 2 is 1.84 bits per heavy atom. The van der Waals surface area contributed by atoms with Crippen molar-refractivity contribution in [3.8, 4) is 5.75 Å². The summed E-state index contributed by atoms with van der Waals surface area (Å²) in [5, 5.41) is 4.09. The Labute approximate surface area is 184 Å². The van der Waals surface area contributed by atoms with Crippen LogP contribution in [-0.2, 0) is 19.2 Å². The fourth-order valence-corrected chi connectivity index (χ4v) is 4.16. The van der Waals surface area contributed by atoms with E-state index in [1.54, 1.807) is 19.1 Å². The summed E-state index contributed by atoms with van der Waals surface area (Å²) in [7, 11) is 0. The molecule has 0 spiro atoms. The molecule has 162 valence electrons. The third kappa shape index (κ3) is 3.07. The Kier molecular flexibility index (Phi) is 4.77. The summed E-state index contributed by atoms with van der Waals surface area (Å²) < 4.78 is 10.9. The number of benzene rings is 2. The number of anilines is 1. The Morgan fingerprint density at radius 3 is 2.59 bits per heavy atom. The maximum Gasteiger partial charge on any atom is 0.338 e. The molecule has 0 aromatic heterocycles. The molecule has 5 rings (SSSR count). The quantitative estimate of drug-likeness (QED) is 0.545. The molecule has 8 nitrogen and oxygen atoms in total. The van der Waals surface area contributed by atoms with Gasteiger partial charge in [0.05, 0.1) is 17.9 Å². The van der Waals surface area contributed by atoms with Crippen LogP contribution in [0.15, 0.2) is 59.3 Å². The maximum atomic E-state index is 13.3. The molecule has 0 radical (unpaired) electrons.